The van der Waals surface area contributed by atoms with Gasteiger partial charge in [0.15, 0.2) is 0 Å². The zero-order valence-corrected chi connectivity index (χ0v) is 25.3. The number of benzene rings is 3. The number of furan rings is 1. The van der Waals surface area contributed by atoms with Crippen LogP contribution in [0.15, 0.2) is 69.4 Å². The molecule has 3 aromatic carbocycles. The molecule has 1 aliphatic rings. The number of hydrogen-bond acceptors (Lipinski definition) is 7. The number of nitrogens with one attached hydrogen (secondary N) is 1. The lowest BCUT2D eigenvalue weighted by Gasteiger charge is -2.33. The molecule has 1 saturated heterocycles. The first-order valence-corrected chi connectivity index (χ1v) is 16.4. The molecule has 5 aromatic rings. The molecule has 11 heteroatoms. The first-order chi connectivity index (χ1) is 19.9. The van der Waals surface area contributed by atoms with Gasteiger partial charge in [0.1, 0.15) is 28.1 Å². The topological polar surface area (TPSA) is 78.7 Å². The summed E-state index contributed by atoms with van der Waals surface area (Å²) in [7, 11) is 2.28. The fourth-order valence-corrected chi connectivity index (χ4v) is 7.90. The zero-order valence-electron chi connectivity index (χ0n) is 22.8. The summed E-state index contributed by atoms with van der Waals surface area (Å²) in [5.74, 6) is -0.136. The van der Waals surface area contributed by atoms with E-state index in [1.807, 2.05) is 41.9 Å². The number of fused-ring (bicyclic) bond motifs is 2. The molecule has 1 amide bonds. The molecule has 1 N–H and O–H groups in total. The van der Waals surface area contributed by atoms with E-state index in [0.29, 0.717) is 34.4 Å². The molecule has 212 valence electrons. The summed E-state index contributed by atoms with van der Waals surface area (Å²) in [6.45, 7) is 1.36. The van der Waals surface area contributed by atoms with Gasteiger partial charge in [-0.25, -0.2) is 17.9 Å². The van der Waals surface area contributed by atoms with Gasteiger partial charge in [-0.3, -0.25) is 4.79 Å². The number of rotatable bonds is 7. The van der Waals surface area contributed by atoms with Crippen molar-refractivity contribution in [2.75, 3.05) is 37.7 Å². The Labute approximate surface area is 248 Å². The van der Waals surface area contributed by atoms with Gasteiger partial charge < -0.3 is 14.0 Å². The molecule has 0 bridgehead atoms. The van der Waals surface area contributed by atoms with Gasteiger partial charge in [-0.15, -0.1) is 11.3 Å². The third-order valence-electron chi connectivity index (χ3n) is 7.57. The van der Waals surface area contributed by atoms with Gasteiger partial charge in [-0.2, -0.15) is 0 Å². The van der Waals surface area contributed by atoms with Crippen molar-refractivity contribution < 1.29 is 17.8 Å². The Morgan fingerprint density at radius 3 is 2.78 bits per heavy atom. The van der Waals surface area contributed by atoms with Gasteiger partial charge in [0.05, 0.1) is 31.9 Å². The van der Waals surface area contributed by atoms with Crippen LogP contribution in [-0.4, -0.2) is 52.8 Å². The molecule has 1 fully saturated rings. The standard InChI is InChI=1S/C30H29FN4O3S3/c1-32-30(36)28-23-14-22(25(34(2)39-3)15-26(23)38-29(28)18-6-8-20(31)9-7-18)19-5-4-12-35(16-19)41(37)21-10-11-24-27(13-21)40-17-33-24/h6-11,13-15,17,19H,4-5,12,16H2,1-3H3,(H,32,36). The van der Waals surface area contributed by atoms with Crippen molar-refractivity contribution in [3.63, 3.8) is 0 Å². The average Bonchev–Trinajstić information content (AvgIpc) is 3.63. The molecular formula is C30H29FN4O3S3. The summed E-state index contributed by atoms with van der Waals surface area (Å²) >= 11 is 3.13. The van der Waals surface area contributed by atoms with Crippen LogP contribution in [0.2, 0.25) is 0 Å². The molecule has 7 nitrogen and oxygen atoms in total. The van der Waals surface area contributed by atoms with Crippen LogP contribution in [0.1, 0.15) is 34.7 Å². The van der Waals surface area contributed by atoms with Crippen LogP contribution in [0.5, 0.6) is 0 Å². The highest BCUT2D eigenvalue weighted by atomic mass is 32.2. The SMILES string of the molecule is CNC(=O)c1c(-c2ccc(F)cc2)oc2cc(N(C)SC)c(C3CCCN(S(=O)c4ccc5ncsc5c4)C3)cc12. The molecule has 2 atom stereocenters. The third kappa shape index (κ3) is 5.27. The van der Waals surface area contributed by atoms with E-state index in [0.717, 1.165) is 45.7 Å². The Hall–Kier alpha value is -3.25. The minimum absolute atomic E-state index is 0.0931. The Kier molecular flexibility index (Phi) is 7.86. The lowest BCUT2D eigenvalue weighted by atomic mass is 9.89. The minimum atomic E-state index is -1.31. The summed E-state index contributed by atoms with van der Waals surface area (Å²) in [6, 6.07) is 15.8. The van der Waals surface area contributed by atoms with Gasteiger partial charge >= 0.3 is 0 Å². The Balaban J connectivity index is 1.42. The molecule has 0 aliphatic carbocycles. The maximum Gasteiger partial charge on any atom is 0.255 e. The van der Waals surface area contributed by atoms with Crippen molar-refractivity contribution in [2.45, 2.75) is 23.7 Å². The molecule has 0 saturated carbocycles. The van der Waals surface area contributed by atoms with Crippen molar-refractivity contribution in [1.82, 2.24) is 14.6 Å². The molecule has 3 heterocycles. The van der Waals surface area contributed by atoms with Crippen LogP contribution in [0, 0.1) is 5.82 Å². The van der Waals surface area contributed by atoms with E-state index in [2.05, 4.69) is 20.7 Å². The largest absolute Gasteiger partial charge is 0.455 e. The zero-order chi connectivity index (χ0) is 28.7. The van der Waals surface area contributed by atoms with Crippen LogP contribution < -0.4 is 9.62 Å². The van der Waals surface area contributed by atoms with Crippen molar-refractivity contribution >= 4 is 67.1 Å². The van der Waals surface area contributed by atoms with E-state index < -0.39 is 11.0 Å². The molecule has 0 radical (unpaired) electrons. The number of hydrogen-bond donors (Lipinski definition) is 1. The maximum absolute atomic E-state index is 13.7. The van der Waals surface area contributed by atoms with Crippen LogP contribution in [0.4, 0.5) is 10.1 Å². The molecule has 2 aromatic heterocycles. The number of carbonyl (C=O) groups is 1. The fraction of sp³-hybridized carbons (Fsp3) is 0.267. The minimum Gasteiger partial charge on any atom is -0.455 e. The lowest BCUT2D eigenvalue weighted by molar-refractivity contribution is 0.0964. The van der Waals surface area contributed by atoms with Crippen LogP contribution >= 0.6 is 23.3 Å². The molecule has 41 heavy (non-hydrogen) atoms. The predicted molar refractivity (Wildman–Crippen MR) is 166 cm³/mol. The quantitative estimate of drug-likeness (QED) is 0.204. The number of piperidine rings is 1. The molecule has 2 unspecified atom stereocenters. The molecule has 0 spiro atoms. The van der Waals surface area contributed by atoms with Crippen molar-refractivity contribution in [3.05, 3.63) is 77.1 Å². The lowest BCUT2D eigenvalue weighted by Crippen LogP contribution is -2.36. The third-order valence-corrected chi connectivity index (χ3v) is 10.6. The number of anilines is 1. The van der Waals surface area contributed by atoms with E-state index in [1.54, 1.807) is 48.0 Å². The normalized spacial score (nSPS) is 16.7. The van der Waals surface area contributed by atoms with Gasteiger partial charge in [0, 0.05) is 50.5 Å². The second-order valence-corrected chi connectivity index (χ2v) is 13.2. The number of amides is 1. The molecular weight excluding hydrogens is 580 g/mol. The summed E-state index contributed by atoms with van der Waals surface area (Å²) in [6.07, 6.45) is 3.84. The summed E-state index contributed by atoms with van der Waals surface area (Å²) in [5.41, 5.74) is 6.40. The van der Waals surface area contributed by atoms with E-state index in [9.17, 15) is 13.4 Å². The highest BCUT2D eigenvalue weighted by Crippen LogP contribution is 2.42. The van der Waals surface area contributed by atoms with Gasteiger partial charge in [0.2, 0.25) is 0 Å². The average molecular weight is 609 g/mol. The highest BCUT2D eigenvalue weighted by molar-refractivity contribution is 7.99. The Bertz CT molecular complexity index is 1770. The predicted octanol–water partition coefficient (Wildman–Crippen LogP) is 6.82. The molecule has 1 aliphatic heterocycles. The Morgan fingerprint density at radius 1 is 1.22 bits per heavy atom. The van der Waals surface area contributed by atoms with Gasteiger partial charge in [-0.05, 0) is 72.9 Å². The number of aromatic nitrogens is 1. The van der Waals surface area contributed by atoms with Crippen LogP contribution in [-0.2, 0) is 11.0 Å². The van der Waals surface area contributed by atoms with Crippen LogP contribution in [0.25, 0.3) is 32.5 Å². The fourth-order valence-electron chi connectivity index (χ4n) is 5.44. The van der Waals surface area contributed by atoms with E-state index in [-0.39, 0.29) is 17.6 Å². The maximum atomic E-state index is 13.7. The monoisotopic (exact) mass is 608 g/mol. The summed E-state index contributed by atoms with van der Waals surface area (Å²) in [5, 5.41) is 3.44. The number of nitrogens with zero attached hydrogens (tertiary/aromatic N) is 3. The number of thiazole rings is 1. The smallest absolute Gasteiger partial charge is 0.255 e. The first-order valence-electron chi connectivity index (χ1n) is 13.2. The van der Waals surface area contributed by atoms with Crippen molar-refractivity contribution in [2.24, 2.45) is 0 Å². The van der Waals surface area contributed by atoms with E-state index >= 15 is 0 Å². The molecule has 6 rings (SSSR count). The number of carbonyl (C=O) groups excluding carboxylic acids is 1. The number of halogens is 1. The Morgan fingerprint density at radius 2 is 2.02 bits per heavy atom. The van der Waals surface area contributed by atoms with Gasteiger partial charge in [0.25, 0.3) is 5.91 Å². The highest BCUT2D eigenvalue weighted by Gasteiger charge is 2.30. The van der Waals surface area contributed by atoms with Crippen LogP contribution in [0.3, 0.4) is 0 Å². The van der Waals surface area contributed by atoms with Gasteiger partial charge in [-0.1, -0.05) is 11.9 Å². The van der Waals surface area contributed by atoms with Crippen molar-refractivity contribution in [3.8, 4) is 11.3 Å². The van der Waals surface area contributed by atoms with E-state index in [1.165, 1.54) is 12.1 Å². The summed E-state index contributed by atoms with van der Waals surface area (Å²) in [4.78, 5) is 18.3. The summed E-state index contributed by atoms with van der Waals surface area (Å²) < 4.78 is 38.8. The second kappa shape index (κ2) is 11.6. The second-order valence-electron chi connectivity index (χ2n) is 9.94. The van der Waals surface area contributed by atoms with E-state index in [4.69, 9.17) is 4.42 Å². The first kappa shape index (κ1) is 27.9. The van der Waals surface area contributed by atoms with Crippen molar-refractivity contribution in [1.29, 1.82) is 0 Å².